The van der Waals surface area contributed by atoms with Gasteiger partial charge in [0.15, 0.2) is 0 Å². The van der Waals surface area contributed by atoms with E-state index in [4.69, 9.17) is 17.3 Å². The van der Waals surface area contributed by atoms with Crippen molar-refractivity contribution >= 4 is 39.5 Å². The zero-order valence-corrected chi connectivity index (χ0v) is 18.3. The Hall–Kier alpha value is -3.50. The van der Waals surface area contributed by atoms with Crippen LogP contribution >= 0.6 is 22.9 Å². The summed E-state index contributed by atoms with van der Waals surface area (Å²) in [6, 6.07) is 7.37. The lowest BCUT2D eigenvalue weighted by atomic mass is 10.2. The van der Waals surface area contributed by atoms with Crippen LogP contribution in [0.3, 0.4) is 0 Å². The van der Waals surface area contributed by atoms with Crippen molar-refractivity contribution in [3.8, 4) is 0 Å². The first-order valence-electron chi connectivity index (χ1n) is 9.42. The highest BCUT2D eigenvalue weighted by molar-refractivity contribution is 7.19. The van der Waals surface area contributed by atoms with Crippen molar-refractivity contribution in [2.75, 3.05) is 5.73 Å². The number of hydrogen-bond donors (Lipinski definition) is 2. The van der Waals surface area contributed by atoms with Gasteiger partial charge in [0.2, 0.25) is 0 Å². The minimum atomic E-state index is -0.603. The van der Waals surface area contributed by atoms with Gasteiger partial charge >= 0.3 is 5.69 Å². The first-order valence-corrected chi connectivity index (χ1v) is 10.6. The SMILES string of the molecule is Cc1c(=O)n(Cc2ccc(F)c(Cl)c2)c(=O)n2cc(C(=O)NCc3ccnc(N)c3)sc12. The highest BCUT2D eigenvalue weighted by atomic mass is 35.5. The Balaban J connectivity index is 1.66. The van der Waals surface area contributed by atoms with Gasteiger partial charge in [-0.15, -0.1) is 11.3 Å². The minimum absolute atomic E-state index is 0.0811. The van der Waals surface area contributed by atoms with Gasteiger partial charge in [0.25, 0.3) is 11.5 Å². The largest absolute Gasteiger partial charge is 0.384 e. The van der Waals surface area contributed by atoms with E-state index in [1.165, 1.54) is 28.8 Å². The summed E-state index contributed by atoms with van der Waals surface area (Å²) in [6.45, 7) is 1.73. The first kappa shape index (κ1) is 21.7. The number of aryl methyl sites for hydroxylation is 1. The van der Waals surface area contributed by atoms with E-state index in [9.17, 15) is 18.8 Å². The van der Waals surface area contributed by atoms with E-state index in [0.29, 0.717) is 21.8 Å². The molecule has 0 atom stereocenters. The van der Waals surface area contributed by atoms with Crippen LogP contribution < -0.4 is 22.3 Å². The number of nitrogens with two attached hydrogens (primary N) is 1. The second-order valence-corrected chi connectivity index (χ2v) is 8.53. The van der Waals surface area contributed by atoms with Crippen LogP contribution in [0.15, 0.2) is 52.3 Å². The van der Waals surface area contributed by atoms with Crippen LogP contribution in [0.4, 0.5) is 10.2 Å². The average molecular weight is 474 g/mol. The Bertz CT molecular complexity index is 1480. The number of benzene rings is 1. The molecule has 4 aromatic rings. The van der Waals surface area contributed by atoms with Crippen LogP contribution in [-0.2, 0) is 13.1 Å². The van der Waals surface area contributed by atoms with Gasteiger partial charge in [-0.25, -0.2) is 14.2 Å². The Morgan fingerprint density at radius 3 is 2.75 bits per heavy atom. The number of fused-ring (bicyclic) bond motifs is 1. The second kappa shape index (κ2) is 8.56. The van der Waals surface area contributed by atoms with Crippen molar-refractivity contribution in [3.05, 3.63) is 96.0 Å². The molecule has 32 heavy (non-hydrogen) atoms. The number of aromatic nitrogens is 3. The van der Waals surface area contributed by atoms with Crippen molar-refractivity contribution in [2.24, 2.45) is 0 Å². The maximum Gasteiger partial charge on any atom is 0.336 e. The lowest BCUT2D eigenvalue weighted by Crippen LogP contribution is -2.38. The second-order valence-electron chi connectivity index (χ2n) is 7.09. The van der Waals surface area contributed by atoms with Crippen molar-refractivity contribution in [1.82, 2.24) is 19.3 Å². The molecule has 0 unspecified atom stereocenters. The van der Waals surface area contributed by atoms with E-state index in [1.807, 2.05) is 0 Å². The molecule has 0 aliphatic carbocycles. The molecule has 3 aromatic heterocycles. The summed E-state index contributed by atoms with van der Waals surface area (Å²) in [6.07, 6.45) is 2.95. The van der Waals surface area contributed by atoms with E-state index in [-0.39, 0.29) is 23.0 Å². The lowest BCUT2D eigenvalue weighted by Gasteiger charge is -2.08. The van der Waals surface area contributed by atoms with Crippen molar-refractivity contribution < 1.29 is 9.18 Å². The van der Waals surface area contributed by atoms with Gasteiger partial charge in [0.05, 0.1) is 11.6 Å². The van der Waals surface area contributed by atoms with Crippen LogP contribution in [-0.4, -0.2) is 19.9 Å². The summed E-state index contributed by atoms with van der Waals surface area (Å²) in [7, 11) is 0. The number of nitrogens with one attached hydrogen (secondary N) is 1. The fourth-order valence-electron chi connectivity index (χ4n) is 3.20. The molecule has 164 valence electrons. The quantitative estimate of drug-likeness (QED) is 0.462. The molecule has 11 heteroatoms. The van der Waals surface area contributed by atoms with Gasteiger partial charge in [0, 0.05) is 24.5 Å². The molecule has 0 saturated heterocycles. The molecule has 1 amide bonds. The van der Waals surface area contributed by atoms with Gasteiger partial charge in [-0.3, -0.25) is 18.6 Å². The molecular weight excluding hydrogens is 457 g/mol. The van der Waals surface area contributed by atoms with Gasteiger partial charge in [0.1, 0.15) is 21.3 Å². The average Bonchev–Trinajstić information content (AvgIpc) is 3.22. The zero-order valence-electron chi connectivity index (χ0n) is 16.8. The minimum Gasteiger partial charge on any atom is -0.384 e. The van der Waals surface area contributed by atoms with Crippen LogP contribution in [0.2, 0.25) is 5.02 Å². The number of nitrogens with zero attached hydrogens (tertiary/aromatic N) is 3. The number of nitrogen functional groups attached to an aromatic ring is 1. The summed E-state index contributed by atoms with van der Waals surface area (Å²) >= 11 is 6.86. The number of pyridine rings is 1. The molecule has 8 nitrogen and oxygen atoms in total. The summed E-state index contributed by atoms with van der Waals surface area (Å²) in [4.78, 5) is 43.0. The highest BCUT2D eigenvalue weighted by Gasteiger charge is 2.18. The van der Waals surface area contributed by atoms with Crippen LogP contribution in [0.25, 0.3) is 4.83 Å². The van der Waals surface area contributed by atoms with Crippen LogP contribution in [0.1, 0.15) is 26.4 Å². The van der Waals surface area contributed by atoms with E-state index in [0.717, 1.165) is 21.5 Å². The smallest absolute Gasteiger partial charge is 0.336 e. The molecule has 0 aliphatic heterocycles. The Labute approximate surface area is 189 Å². The molecule has 4 rings (SSSR count). The highest BCUT2D eigenvalue weighted by Crippen LogP contribution is 2.19. The Morgan fingerprint density at radius 2 is 2.03 bits per heavy atom. The van der Waals surface area contributed by atoms with Gasteiger partial charge < -0.3 is 11.1 Å². The van der Waals surface area contributed by atoms with Crippen molar-refractivity contribution in [1.29, 1.82) is 0 Å². The third-order valence-electron chi connectivity index (χ3n) is 4.84. The fourth-order valence-corrected chi connectivity index (χ4v) is 4.41. The third kappa shape index (κ3) is 4.14. The van der Waals surface area contributed by atoms with E-state index in [2.05, 4.69) is 10.3 Å². The summed E-state index contributed by atoms with van der Waals surface area (Å²) in [5.41, 5.74) is 6.15. The van der Waals surface area contributed by atoms with E-state index >= 15 is 0 Å². The number of hydrogen-bond acceptors (Lipinski definition) is 6. The zero-order chi connectivity index (χ0) is 23.0. The van der Waals surface area contributed by atoms with Gasteiger partial charge in [-0.1, -0.05) is 17.7 Å². The molecule has 3 heterocycles. The molecular formula is C21H17ClFN5O3S. The molecule has 0 bridgehead atoms. The molecule has 0 spiro atoms. The van der Waals surface area contributed by atoms with E-state index in [1.54, 1.807) is 25.3 Å². The normalized spacial score (nSPS) is 11.1. The summed E-state index contributed by atoms with van der Waals surface area (Å²) < 4.78 is 15.7. The maximum atomic E-state index is 13.4. The van der Waals surface area contributed by atoms with Gasteiger partial charge in [-0.05, 0) is 42.3 Å². The van der Waals surface area contributed by atoms with Crippen LogP contribution in [0.5, 0.6) is 0 Å². The standard InChI is InChI=1S/C21H17ClFN5O3S/c1-11-19(30)27(9-13-2-3-15(23)14(22)6-13)21(31)28-10-16(32-20(11)28)18(29)26-8-12-4-5-25-17(24)7-12/h2-7,10H,8-9H2,1H3,(H2,24,25)(H,26,29). The maximum absolute atomic E-state index is 13.4. The van der Waals surface area contributed by atoms with E-state index < -0.39 is 23.0 Å². The number of halogens is 2. The van der Waals surface area contributed by atoms with Crippen molar-refractivity contribution in [3.63, 3.8) is 0 Å². The lowest BCUT2D eigenvalue weighted by molar-refractivity contribution is 0.0954. The van der Waals surface area contributed by atoms with Crippen molar-refractivity contribution in [2.45, 2.75) is 20.0 Å². The number of carbonyl (C=O) groups is 1. The number of carbonyl (C=O) groups excluding carboxylic acids is 1. The topological polar surface area (TPSA) is 111 Å². The number of thiazole rings is 1. The van der Waals surface area contributed by atoms with Gasteiger partial charge in [-0.2, -0.15) is 0 Å². The fraction of sp³-hybridized carbons (Fsp3) is 0.143. The predicted octanol–water partition coefficient (Wildman–Crippen LogP) is 2.58. The Kier molecular flexibility index (Phi) is 5.81. The number of amides is 1. The monoisotopic (exact) mass is 473 g/mol. The van der Waals surface area contributed by atoms with Crippen LogP contribution in [0, 0.1) is 12.7 Å². The molecule has 0 radical (unpaired) electrons. The first-order chi connectivity index (χ1) is 15.2. The predicted molar refractivity (Wildman–Crippen MR) is 121 cm³/mol. The number of rotatable bonds is 5. The number of anilines is 1. The summed E-state index contributed by atoms with van der Waals surface area (Å²) in [5.74, 6) is -0.637. The molecule has 3 N–H and O–H groups in total. The third-order valence-corrected chi connectivity index (χ3v) is 6.34. The molecule has 0 fully saturated rings. The molecule has 0 saturated carbocycles. The summed E-state index contributed by atoms with van der Waals surface area (Å²) in [5, 5.41) is 2.66. The Morgan fingerprint density at radius 1 is 1.25 bits per heavy atom. The molecule has 1 aromatic carbocycles. The molecule has 0 aliphatic rings.